The number of aliphatic imine (C=N–C) groups is 1. The van der Waals surface area contributed by atoms with Crippen LogP contribution in [0.4, 0.5) is 17.1 Å². The van der Waals surface area contributed by atoms with Crippen LogP contribution >= 0.6 is 0 Å². The van der Waals surface area contributed by atoms with Gasteiger partial charge in [0.05, 0.1) is 22.3 Å². The fourth-order valence-electron chi connectivity index (χ4n) is 3.44. The molecule has 0 unspecified atom stereocenters. The quantitative estimate of drug-likeness (QED) is 0.605. The number of anilines is 2. The molecular formula is C20H19N3. The summed E-state index contributed by atoms with van der Waals surface area (Å²) >= 11 is 0. The minimum atomic E-state index is 0.988. The molecule has 4 rings (SSSR count). The largest absolute Gasteiger partial charge is 0.298 e. The maximum absolute atomic E-state index is 4.89. The van der Waals surface area contributed by atoms with Crippen molar-refractivity contribution in [3.63, 3.8) is 0 Å². The van der Waals surface area contributed by atoms with Crippen LogP contribution in [0.2, 0.25) is 0 Å². The van der Waals surface area contributed by atoms with Gasteiger partial charge in [0.1, 0.15) is 5.84 Å². The Kier molecular flexibility index (Phi) is 2.98. The van der Waals surface area contributed by atoms with Gasteiger partial charge in [0.15, 0.2) is 0 Å². The molecule has 23 heavy (non-hydrogen) atoms. The zero-order valence-electron chi connectivity index (χ0n) is 13.9. The van der Waals surface area contributed by atoms with Crippen LogP contribution in [0.3, 0.4) is 0 Å². The number of aromatic nitrogens is 1. The lowest BCUT2D eigenvalue weighted by molar-refractivity contribution is 1.19. The summed E-state index contributed by atoms with van der Waals surface area (Å²) in [6.45, 7) is 8.37. The van der Waals surface area contributed by atoms with Gasteiger partial charge in [0.25, 0.3) is 0 Å². The zero-order valence-corrected chi connectivity index (χ0v) is 13.9. The lowest BCUT2D eigenvalue weighted by atomic mass is 9.99. The van der Waals surface area contributed by atoms with E-state index in [0.717, 1.165) is 33.8 Å². The van der Waals surface area contributed by atoms with E-state index < -0.39 is 0 Å². The highest BCUT2D eigenvalue weighted by atomic mass is 15.2. The number of hydrogen-bond acceptors (Lipinski definition) is 3. The summed E-state index contributed by atoms with van der Waals surface area (Å²) in [6.07, 6.45) is 0. The number of pyridine rings is 1. The van der Waals surface area contributed by atoms with E-state index in [1.54, 1.807) is 0 Å². The molecule has 2 aromatic carbocycles. The number of benzene rings is 2. The van der Waals surface area contributed by atoms with Gasteiger partial charge in [-0.15, -0.1) is 0 Å². The lowest BCUT2D eigenvalue weighted by Gasteiger charge is -2.30. The Morgan fingerprint density at radius 2 is 1.61 bits per heavy atom. The molecule has 3 heteroatoms. The molecule has 2 heterocycles. The van der Waals surface area contributed by atoms with Crippen molar-refractivity contribution in [1.29, 1.82) is 0 Å². The first-order chi connectivity index (χ1) is 11.1. The molecule has 0 amide bonds. The van der Waals surface area contributed by atoms with Crippen molar-refractivity contribution in [2.45, 2.75) is 27.7 Å². The molecule has 0 saturated carbocycles. The highest BCUT2D eigenvalue weighted by Crippen LogP contribution is 2.44. The smallest absolute Gasteiger partial charge is 0.111 e. The van der Waals surface area contributed by atoms with E-state index in [1.165, 1.54) is 16.8 Å². The van der Waals surface area contributed by atoms with Gasteiger partial charge in [-0.2, -0.15) is 0 Å². The third-order valence-electron chi connectivity index (χ3n) is 4.40. The van der Waals surface area contributed by atoms with Crippen molar-refractivity contribution < 1.29 is 0 Å². The van der Waals surface area contributed by atoms with Gasteiger partial charge in [-0.25, -0.2) is 4.99 Å². The van der Waals surface area contributed by atoms with Crippen molar-refractivity contribution in [1.82, 2.24) is 4.98 Å². The monoisotopic (exact) mass is 301 g/mol. The third-order valence-corrected chi connectivity index (χ3v) is 4.40. The second-order valence-electron chi connectivity index (χ2n) is 6.20. The van der Waals surface area contributed by atoms with E-state index in [1.807, 2.05) is 6.07 Å². The molecule has 1 aliphatic heterocycles. The zero-order chi connectivity index (χ0) is 16.1. The first-order valence-electron chi connectivity index (χ1n) is 7.88. The highest BCUT2D eigenvalue weighted by Gasteiger charge is 2.24. The Morgan fingerprint density at radius 3 is 2.35 bits per heavy atom. The van der Waals surface area contributed by atoms with Gasteiger partial charge in [0, 0.05) is 11.4 Å². The maximum Gasteiger partial charge on any atom is 0.111 e. The van der Waals surface area contributed by atoms with E-state index >= 15 is 0 Å². The van der Waals surface area contributed by atoms with E-state index in [-0.39, 0.29) is 0 Å². The molecule has 3 nitrogen and oxygen atoms in total. The van der Waals surface area contributed by atoms with Gasteiger partial charge in [-0.05, 0) is 57.0 Å². The molecule has 0 spiro atoms. The molecule has 1 aliphatic rings. The number of nitrogens with zero attached hydrogens (tertiary/aromatic N) is 3. The molecule has 1 aromatic heterocycles. The van der Waals surface area contributed by atoms with Crippen LogP contribution in [0, 0.1) is 20.8 Å². The van der Waals surface area contributed by atoms with Crippen LogP contribution < -0.4 is 4.90 Å². The number of amidine groups is 1. The van der Waals surface area contributed by atoms with Gasteiger partial charge in [-0.3, -0.25) is 9.88 Å². The molecule has 0 aliphatic carbocycles. The summed E-state index contributed by atoms with van der Waals surface area (Å²) in [5, 5.41) is 1.16. The minimum Gasteiger partial charge on any atom is -0.298 e. The summed E-state index contributed by atoms with van der Waals surface area (Å²) < 4.78 is 0. The molecule has 0 N–H and O–H groups in total. The summed E-state index contributed by atoms with van der Waals surface area (Å²) in [4.78, 5) is 11.9. The Labute approximate surface area is 136 Å². The van der Waals surface area contributed by atoms with E-state index in [9.17, 15) is 0 Å². The second-order valence-corrected chi connectivity index (χ2v) is 6.20. The molecule has 0 radical (unpaired) electrons. The van der Waals surface area contributed by atoms with E-state index in [4.69, 9.17) is 9.98 Å². The van der Waals surface area contributed by atoms with E-state index in [2.05, 4.69) is 69.0 Å². The first kappa shape index (κ1) is 13.9. The predicted octanol–water partition coefficient (Wildman–Crippen LogP) is 5.36. The van der Waals surface area contributed by atoms with Crippen molar-refractivity contribution in [2.24, 2.45) is 4.99 Å². The van der Waals surface area contributed by atoms with Crippen molar-refractivity contribution in [2.75, 3.05) is 4.90 Å². The Morgan fingerprint density at radius 1 is 0.870 bits per heavy atom. The Bertz CT molecular complexity index is 956. The molecule has 0 bridgehead atoms. The number of hydrogen-bond donors (Lipinski definition) is 0. The normalized spacial score (nSPS) is 13.4. The van der Waals surface area contributed by atoms with Gasteiger partial charge in [0.2, 0.25) is 0 Å². The second kappa shape index (κ2) is 4.92. The predicted molar refractivity (Wildman–Crippen MR) is 97.3 cm³/mol. The SMILES string of the molecule is CC1=Nc2c(C)cc(C)c3nc(C)cc(c23)N1c1ccccc1. The molecular weight excluding hydrogens is 282 g/mol. The fraction of sp³-hybridized carbons (Fsp3) is 0.200. The lowest BCUT2D eigenvalue weighted by Crippen LogP contribution is -2.25. The third kappa shape index (κ3) is 2.04. The van der Waals surface area contributed by atoms with Crippen LogP contribution in [-0.2, 0) is 0 Å². The Balaban J connectivity index is 2.13. The molecule has 0 atom stereocenters. The van der Waals surface area contributed by atoms with Gasteiger partial charge >= 0.3 is 0 Å². The number of rotatable bonds is 1. The highest BCUT2D eigenvalue weighted by molar-refractivity contribution is 6.17. The maximum atomic E-state index is 4.89. The molecule has 114 valence electrons. The van der Waals surface area contributed by atoms with Gasteiger partial charge < -0.3 is 0 Å². The van der Waals surface area contributed by atoms with Crippen LogP contribution in [0.15, 0.2) is 47.5 Å². The van der Waals surface area contributed by atoms with Crippen LogP contribution in [0.25, 0.3) is 10.9 Å². The minimum absolute atomic E-state index is 0.988. The molecule has 0 fully saturated rings. The van der Waals surface area contributed by atoms with Crippen LogP contribution in [0.5, 0.6) is 0 Å². The van der Waals surface area contributed by atoms with E-state index in [0.29, 0.717) is 0 Å². The average Bonchev–Trinajstić information content (AvgIpc) is 2.52. The van der Waals surface area contributed by atoms with Crippen LogP contribution in [-0.4, -0.2) is 10.8 Å². The standard InChI is InChI=1S/C20H19N3/c1-12-10-13(2)20-18-17(11-14(3)21-19(12)18)23(15(4)22-20)16-8-6-5-7-9-16/h5-11H,1-4H3. The summed E-state index contributed by atoms with van der Waals surface area (Å²) in [5.41, 5.74) is 7.85. The van der Waals surface area contributed by atoms with Crippen molar-refractivity contribution in [3.05, 3.63) is 59.3 Å². The number of para-hydroxylation sites is 1. The summed E-state index contributed by atoms with van der Waals surface area (Å²) in [6, 6.07) is 14.7. The Hall–Kier alpha value is -2.68. The summed E-state index contributed by atoms with van der Waals surface area (Å²) in [7, 11) is 0. The number of aryl methyl sites for hydroxylation is 3. The van der Waals surface area contributed by atoms with Crippen molar-refractivity contribution in [3.8, 4) is 0 Å². The first-order valence-corrected chi connectivity index (χ1v) is 7.88. The summed E-state index contributed by atoms with van der Waals surface area (Å²) in [5.74, 6) is 0.988. The van der Waals surface area contributed by atoms with Crippen molar-refractivity contribution >= 4 is 33.8 Å². The average molecular weight is 301 g/mol. The fourth-order valence-corrected chi connectivity index (χ4v) is 3.44. The van der Waals surface area contributed by atoms with Gasteiger partial charge in [-0.1, -0.05) is 24.3 Å². The molecule has 0 saturated heterocycles. The molecule has 3 aromatic rings. The van der Waals surface area contributed by atoms with Crippen LogP contribution in [0.1, 0.15) is 23.7 Å². The topological polar surface area (TPSA) is 28.5 Å².